The molecule has 0 unspecified atom stereocenters. The lowest BCUT2D eigenvalue weighted by atomic mass is 10.2. The number of carbonyl (C=O) groups is 1. The number of hydrogen-bond donors (Lipinski definition) is 2. The van der Waals surface area contributed by atoms with E-state index in [1.807, 2.05) is 0 Å². The molecule has 0 radical (unpaired) electrons. The molecule has 1 aliphatic heterocycles. The summed E-state index contributed by atoms with van der Waals surface area (Å²) >= 11 is 0. The Morgan fingerprint density at radius 1 is 1.14 bits per heavy atom. The van der Waals surface area contributed by atoms with E-state index in [2.05, 4.69) is 20.0 Å². The average Bonchev–Trinajstić information content (AvgIpc) is 2.68. The Kier molecular flexibility index (Phi) is 4.53. The minimum absolute atomic E-state index is 0.0164. The lowest BCUT2D eigenvalue weighted by Crippen LogP contribution is -2.25. The van der Waals surface area contributed by atoms with Crippen molar-refractivity contribution in [2.75, 3.05) is 16.6 Å². The van der Waals surface area contributed by atoms with E-state index in [9.17, 15) is 13.2 Å². The summed E-state index contributed by atoms with van der Waals surface area (Å²) in [6.07, 6.45) is 4.45. The zero-order valence-electron chi connectivity index (χ0n) is 14.3. The quantitative estimate of drug-likeness (QED) is 0.677. The molecule has 1 aromatic heterocycles. The maximum atomic E-state index is 12.7. The zero-order valence-corrected chi connectivity index (χ0v) is 15.1. The molecular weight excluding hydrogens is 384 g/mol. The Balaban J connectivity index is 1.56. The summed E-state index contributed by atoms with van der Waals surface area (Å²) in [7, 11) is -3.89. The molecule has 0 spiro atoms. The number of amides is 1. The molecule has 9 nitrogen and oxygen atoms in total. The minimum atomic E-state index is -3.89. The summed E-state index contributed by atoms with van der Waals surface area (Å²) in [5.74, 6) is 0.751. The molecule has 0 bridgehead atoms. The second-order valence-electron chi connectivity index (χ2n) is 5.77. The van der Waals surface area contributed by atoms with Crippen LogP contribution in [0.5, 0.6) is 17.4 Å². The van der Waals surface area contributed by atoms with Crippen LogP contribution < -0.4 is 19.5 Å². The lowest BCUT2D eigenvalue weighted by molar-refractivity contribution is -0.118. The highest BCUT2D eigenvalue weighted by Crippen LogP contribution is 2.31. The Hall–Kier alpha value is -3.66. The predicted molar refractivity (Wildman–Crippen MR) is 99.9 cm³/mol. The Bertz CT molecular complexity index is 1140. The van der Waals surface area contributed by atoms with Gasteiger partial charge in [-0.25, -0.2) is 13.4 Å². The van der Waals surface area contributed by atoms with E-state index in [1.54, 1.807) is 18.2 Å². The van der Waals surface area contributed by atoms with Crippen molar-refractivity contribution in [2.45, 2.75) is 4.90 Å². The molecule has 0 saturated carbocycles. The average molecular weight is 398 g/mol. The van der Waals surface area contributed by atoms with Crippen LogP contribution >= 0.6 is 0 Å². The number of carbonyl (C=O) groups excluding carboxylic acids is 1. The first kappa shape index (κ1) is 17.7. The number of nitrogens with zero attached hydrogens (tertiary/aromatic N) is 2. The maximum Gasteiger partial charge on any atom is 0.262 e. The lowest BCUT2D eigenvalue weighted by Gasteiger charge is -2.18. The molecule has 28 heavy (non-hydrogen) atoms. The van der Waals surface area contributed by atoms with E-state index in [0.717, 1.165) is 0 Å². The van der Waals surface area contributed by atoms with Gasteiger partial charge in [0, 0.05) is 18.5 Å². The molecule has 0 saturated heterocycles. The van der Waals surface area contributed by atoms with Gasteiger partial charge in [0.05, 0.1) is 22.5 Å². The first-order valence-electron chi connectivity index (χ1n) is 8.13. The normalized spacial score (nSPS) is 13.1. The second kappa shape index (κ2) is 7.16. The van der Waals surface area contributed by atoms with Gasteiger partial charge in [0.2, 0.25) is 5.88 Å². The van der Waals surface area contributed by atoms with E-state index in [-0.39, 0.29) is 23.3 Å². The van der Waals surface area contributed by atoms with Crippen molar-refractivity contribution in [2.24, 2.45) is 0 Å². The fourth-order valence-corrected chi connectivity index (χ4v) is 3.60. The van der Waals surface area contributed by atoms with E-state index in [1.165, 1.54) is 42.9 Å². The summed E-state index contributed by atoms with van der Waals surface area (Å²) in [6.45, 7) is -0.101. The van der Waals surface area contributed by atoms with E-state index in [4.69, 9.17) is 9.47 Å². The van der Waals surface area contributed by atoms with Gasteiger partial charge in [-0.3, -0.25) is 14.5 Å². The van der Waals surface area contributed by atoms with Crippen molar-refractivity contribution in [1.29, 1.82) is 0 Å². The van der Waals surface area contributed by atoms with Crippen molar-refractivity contribution < 1.29 is 22.7 Å². The van der Waals surface area contributed by atoms with Crippen molar-refractivity contribution in [3.63, 3.8) is 0 Å². The molecule has 0 aliphatic carbocycles. The van der Waals surface area contributed by atoms with Crippen LogP contribution in [-0.4, -0.2) is 30.9 Å². The standard InChI is InChI=1S/C18H14N4O5S/c23-17-11-26-16-5-4-14(9-15(16)21-17)28(24,25)22-12-2-1-3-13(8-12)27-18-10-19-6-7-20-18/h1-10,22H,11H2,(H,21,23). The van der Waals surface area contributed by atoms with Gasteiger partial charge in [-0.15, -0.1) is 0 Å². The van der Waals surface area contributed by atoms with Gasteiger partial charge in [-0.1, -0.05) is 6.07 Å². The number of fused-ring (bicyclic) bond motifs is 1. The smallest absolute Gasteiger partial charge is 0.262 e. The number of sulfonamides is 1. The summed E-state index contributed by atoms with van der Waals surface area (Å²) in [5, 5.41) is 2.58. The monoisotopic (exact) mass is 398 g/mol. The number of aromatic nitrogens is 2. The fraction of sp³-hybridized carbons (Fsp3) is 0.0556. The number of rotatable bonds is 5. The number of hydrogen-bond acceptors (Lipinski definition) is 7. The van der Waals surface area contributed by atoms with Crippen molar-refractivity contribution in [3.8, 4) is 17.4 Å². The van der Waals surface area contributed by atoms with Crippen LogP contribution in [0, 0.1) is 0 Å². The van der Waals surface area contributed by atoms with E-state index < -0.39 is 10.0 Å². The third-order valence-electron chi connectivity index (χ3n) is 3.74. The van der Waals surface area contributed by atoms with Gasteiger partial charge >= 0.3 is 0 Å². The van der Waals surface area contributed by atoms with Crippen molar-refractivity contribution >= 4 is 27.3 Å². The summed E-state index contributed by atoms with van der Waals surface area (Å²) < 4.78 is 38.7. The summed E-state index contributed by atoms with van der Waals surface area (Å²) in [6, 6.07) is 10.7. The Morgan fingerprint density at radius 2 is 2.04 bits per heavy atom. The maximum absolute atomic E-state index is 12.7. The van der Waals surface area contributed by atoms with Gasteiger partial charge in [-0.2, -0.15) is 0 Å². The highest BCUT2D eigenvalue weighted by atomic mass is 32.2. The van der Waals surface area contributed by atoms with Crippen LogP contribution in [0.3, 0.4) is 0 Å². The minimum Gasteiger partial charge on any atom is -0.482 e. The van der Waals surface area contributed by atoms with Gasteiger partial charge in [0.25, 0.3) is 15.9 Å². The molecular formula is C18H14N4O5S. The molecule has 2 N–H and O–H groups in total. The number of ether oxygens (including phenoxy) is 2. The van der Waals surface area contributed by atoms with Crippen LogP contribution in [0.1, 0.15) is 0 Å². The summed E-state index contributed by atoms with van der Waals surface area (Å²) in [5.41, 5.74) is 0.609. The SMILES string of the molecule is O=C1COc2ccc(S(=O)(=O)Nc3cccc(Oc4cnccn4)c3)cc2N1. The molecule has 10 heteroatoms. The molecule has 4 rings (SSSR count). The molecule has 2 heterocycles. The Morgan fingerprint density at radius 3 is 2.86 bits per heavy atom. The fourth-order valence-electron chi connectivity index (χ4n) is 2.53. The summed E-state index contributed by atoms with van der Waals surface area (Å²) in [4.78, 5) is 19.3. The highest BCUT2D eigenvalue weighted by molar-refractivity contribution is 7.92. The zero-order chi connectivity index (χ0) is 19.6. The predicted octanol–water partition coefficient (Wildman–Crippen LogP) is 2.40. The Labute approximate surface area is 160 Å². The van der Waals surface area contributed by atoms with Crippen molar-refractivity contribution in [3.05, 3.63) is 61.1 Å². The molecule has 0 fully saturated rings. The van der Waals surface area contributed by atoms with Crippen LogP contribution in [0.4, 0.5) is 11.4 Å². The number of nitrogens with one attached hydrogen (secondary N) is 2. The first-order chi connectivity index (χ1) is 13.5. The van der Waals surface area contributed by atoms with Gasteiger partial charge in [0.1, 0.15) is 11.5 Å². The van der Waals surface area contributed by atoms with Gasteiger partial charge < -0.3 is 14.8 Å². The van der Waals surface area contributed by atoms with Crippen LogP contribution in [-0.2, 0) is 14.8 Å². The van der Waals surface area contributed by atoms with Crippen LogP contribution in [0.2, 0.25) is 0 Å². The largest absolute Gasteiger partial charge is 0.482 e. The third-order valence-corrected chi connectivity index (χ3v) is 5.12. The number of anilines is 2. The van der Waals surface area contributed by atoms with E-state index in [0.29, 0.717) is 22.9 Å². The van der Waals surface area contributed by atoms with Gasteiger partial charge in [-0.05, 0) is 30.3 Å². The molecule has 2 aromatic carbocycles. The van der Waals surface area contributed by atoms with Crippen LogP contribution in [0.25, 0.3) is 0 Å². The van der Waals surface area contributed by atoms with Gasteiger partial charge in [0.15, 0.2) is 6.61 Å². The molecule has 0 atom stereocenters. The highest BCUT2D eigenvalue weighted by Gasteiger charge is 2.21. The molecule has 1 aliphatic rings. The molecule has 3 aromatic rings. The molecule has 142 valence electrons. The van der Waals surface area contributed by atoms with Crippen molar-refractivity contribution in [1.82, 2.24) is 9.97 Å². The topological polar surface area (TPSA) is 120 Å². The second-order valence-corrected chi connectivity index (χ2v) is 7.46. The number of benzene rings is 2. The van der Waals surface area contributed by atoms with E-state index >= 15 is 0 Å². The third kappa shape index (κ3) is 3.86. The van der Waals surface area contributed by atoms with Crippen LogP contribution in [0.15, 0.2) is 66.0 Å². The molecule has 1 amide bonds. The first-order valence-corrected chi connectivity index (χ1v) is 9.61.